The Morgan fingerprint density at radius 2 is 1.90 bits per heavy atom. The molecule has 0 radical (unpaired) electrons. The minimum Gasteiger partial charge on any atom is -0.368 e. The third-order valence-electron chi connectivity index (χ3n) is 3.89. The monoisotopic (exact) mass is 311 g/mol. The first-order valence-electron chi connectivity index (χ1n) is 6.97. The Labute approximate surface area is 130 Å². The number of amides is 2. The summed E-state index contributed by atoms with van der Waals surface area (Å²) in [6.07, 6.45) is 3.37. The molecule has 116 valence electrons. The number of halogens is 1. The maximum absolute atomic E-state index is 12.1. The van der Waals surface area contributed by atoms with Gasteiger partial charge in [0.1, 0.15) is 6.04 Å². The van der Waals surface area contributed by atoms with Crippen molar-refractivity contribution in [2.75, 3.05) is 0 Å². The number of nitrogens with one attached hydrogen (secondary N) is 1. The molecule has 1 aromatic carbocycles. The molecule has 2 amide bonds. The molecule has 1 aromatic rings. The molecule has 21 heavy (non-hydrogen) atoms. The van der Waals surface area contributed by atoms with E-state index in [0.29, 0.717) is 12.0 Å². The fourth-order valence-electron chi connectivity index (χ4n) is 2.74. The Hall–Kier alpha value is -1.59. The number of benzene rings is 1. The normalized spacial score (nSPS) is 22.1. The van der Waals surface area contributed by atoms with Crippen molar-refractivity contribution in [3.05, 3.63) is 35.9 Å². The molecular weight excluding hydrogens is 290 g/mol. The van der Waals surface area contributed by atoms with Crippen LogP contribution in [-0.2, 0) is 9.59 Å². The summed E-state index contributed by atoms with van der Waals surface area (Å²) in [6, 6.07) is 8.33. The van der Waals surface area contributed by atoms with Gasteiger partial charge < -0.3 is 16.8 Å². The van der Waals surface area contributed by atoms with Crippen LogP contribution >= 0.6 is 12.4 Å². The van der Waals surface area contributed by atoms with Crippen LogP contribution in [0.5, 0.6) is 0 Å². The predicted octanol–water partition coefficient (Wildman–Crippen LogP) is 1.27. The third-order valence-corrected chi connectivity index (χ3v) is 3.89. The second kappa shape index (κ2) is 8.00. The molecule has 5 N–H and O–H groups in total. The average molecular weight is 312 g/mol. The van der Waals surface area contributed by atoms with Crippen molar-refractivity contribution in [1.82, 2.24) is 5.32 Å². The number of hydrogen-bond donors (Lipinski definition) is 3. The lowest BCUT2D eigenvalue weighted by atomic mass is 9.99. The highest BCUT2D eigenvalue weighted by Gasteiger charge is 2.28. The van der Waals surface area contributed by atoms with Crippen LogP contribution in [0.1, 0.15) is 37.3 Å². The van der Waals surface area contributed by atoms with E-state index in [1.165, 1.54) is 0 Å². The molecule has 1 saturated carbocycles. The zero-order valence-electron chi connectivity index (χ0n) is 11.8. The highest BCUT2D eigenvalue weighted by molar-refractivity contribution is 5.87. The van der Waals surface area contributed by atoms with Gasteiger partial charge in [-0.25, -0.2) is 0 Å². The number of nitrogens with two attached hydrogens (primary N) is 2. The van der Waals surface area contributed by atoms with E-state index < -0.39 is 11.9 Å². The maximum atomic E-state index is 12.1. The van der Waals surface area contributed by atoms with Crippen molar-refractivity contribution in [3.8, 4) is 0 Å². The van der Waals surface area contributed by atoms with E-state index >= 15 is 0 Å². The van der Waals surface area contributed by atoms with Gasteiger partial charge in [-0.15, -0.1) is 12.4 Å². The maximum Gasteiger partial charge on any atom is 0.244 e. The van der Waals surface area contributed by atoms with Crippen LogP contribution in [0.4, 0.5) is 0 Å². The Morgan fingerprint density at radius 1 is 1.24 bits per heavy atom. The van der Waals surface area contributed by atoms with Crippen molar-refractivity contribution in [1.29, 1.82) is 0 Å². The van der Waals surface area contributed by atoms with Gasteiger partial charge in [-0.2, -0.15) is 0 Å². The van der Waals surface area contributed by atoms with Crippen LogP contribution in [0.25, 0.3) is 0 Å². The topological polar surface area (TPSA) is 98.2 Å². The first-order valence-corrected chi connectivity index (χ1v) is 6.97. The number of primary amides is 1. The predicted molar refractivity (Wildman–Crippen MR) is 83.7 cm³/mol. The van der Waals surface area contributed by atoms with Gasteiger partial charge >= 0.3 is 0 Å². The number of hydrogen-bond acceptors (Lipinski definition) is 3. The molecule has 0 heterocycles. The van der Waals surface area contributed by atoms with Crippen molar-refractivity contribution in [2.24, 2.45) is 17.4 Å². The molecule has 1 fully saturated rings. The summed E-state index contributed by atoms with van der Waals surface area (Å²) in [6.45, 7) is 0. The van der Waals surface area contributed by atoms with Crippen LogP contribution in [0.3, 0.4) is 0 Å². The fourth-order valence-corrected chi connectivity index (χ4v) is 2.74. The van der Waals surface area contributed by atoms with Gasteiger partial charge in [0, 0.05) is 12.5 Å². The SMILES string of the molecule is Cl.NC(=O)C(NC(=O)C[C@@H]1CCC[C@H]1N)c1ccccc1. The summed E-state index contributed by atoms with van der Waals surface area (Å²) in [7, 11) is 0. The lowest BCUT2D eigenvalue weighted by Crippen LogP contribution is -2.39. The summed E-state index contributed by atoms with van der Waals surface area (Å²) in [4.78, 5) is 23.6. The van der Waals surface area contributed by atoms with Crippen molar-refractivity contribution < 1.29 is 9.59 Å². The fraction of sp³-hybridized carbons (Fsp3) is 0.467. The summed E-state index contributed by atoms with van der Waals surface area (Å²) < 4.78 is 0. The first kappa shape index (κ1) is 17.5. The van der Waals surface area contributed by atoms with Gasteiger partial charge in [-0.05, 0) is 24.3 Å². The molecule has 1 aliphatic carbocycles. The quantitative estimate of drug-likeness (QED) is 0.763. The van der Waals surface area contributed by atoms with Gasteiger partial charge in [-0.1, -0.05) is 36.8 Å². The van der Waals surface area contributed by atoms with Gasteiger partial charge in [0.25, 0.3) is 0 Å². The van der Waals surface area contributed by atoms with E-state index in [0.717, 1.165) is 19.3 Å². The molecule has 0 saturated heterocycles. The van der Waals surface area contributed by atoms with E-state index in [4.69, 9.17) is 11.5 Å². The smallest absolute Gasteiger partial charge is 0.244 e. The van der Waals surface area contributed by atoms with Crippen molar-refractivity contribution >= 4 is 24.2 Å². The van der Waals surface area contributed by atoms with Crippen LogP contribution in [0, 0.1) is 5.92 Å². The minimum absolute atomic E-state index is 0. The molecule has 0 aromatic heterocycles. The van der Waals surface area contributed by atoms with Gasteiger partial charge in [0.15, 0.2) is 0 Å². The lowest BCUT2D eigenvalue weighted by Gasteiger charge is -2.19. The highest BCUT2D eigenvalue weighted by Crippen LogP contribution is 2.27. The molecule has 1 unspecified atom stereocenters. The Morgan fingerprint density at radius 3 is 2.43 bits per heavy atom. The molecule has 0 spiro atoms. The van der Waals surface area contributed by atoms with Crippen LogP contribution < -0.4 is 16.8 Å². The van der Waals surface area contributed by atoms with Crippen molar-refractivity contribution in [3.63, 3.8) is 0 Å². The Kier molecular flexibility index (Phi) is 6.65. The van der Waals surface area contributed by atoms with E-state index in [2.05, 4.69) is 5.32 Å². The van der Waals surface area contributed by atoms with Crippen LogP contribution in [0.15, 0.2) is 30.3 Å². The summed E-state index contributed by atoms with van der Waals surface area (Å²) in [5.74, 6) is -0.514. The van der Waals surface area contributed by atoms with E-state index in [9.17, 15) is 9.59 Å². The van der Waals surface area contributed by atoms with Crippen LogP contribution in [-0.4, -0.2) is 17.9 Å². The molecule has 6 heteroatoms. The Balaban J connectivity index is 0.00000220. The first-order chi connectivity index (χ1) is 9.58. The minimum atomic E-state index is -0.777. The average Bonchev–Trinajstić information content (AvgIpc) is 2.82. The molecule has 1 aliphatic rings. The number of carbonyl (C=O) groups excluding carboxylic acids is 2. The highest BCUT2D eigenvalue weighted by atomic mass is 35.5. The molecule has 3 atom stereocenters. The zero-order valence-corrected chi connectivity index (χ0v) is 12.6. The van der Waals surface area contributed by atoms with Crippen LogP contribution in [0.2, 0.25) is 0 Å². The van der Waals surface area contributed by atoms with E-state index in [1.807, 2.05) is 18.2 Å². The van der Waals surface area contributed by atoms with Gasteiger partial charge in [-0.3, -0.25) is 9.59 Å². The second-order valence-corrected chi connectivity index (χ2v) is 5.37. The molecular formula is C15H22ClN3O2. The third kappa shape index (κ3) is 4.72. The molecule has 5 nitrogen and oxygen atoms in total. The van der Waals surface area contributed by atoms with E-state index in [-0.39, 0.29) is 30.3 Å². The number of carbonyl (C=O) groups is 2. The number of rotatable bonds is 5. The standard InChI is InChI=1S/C15H21N3O2.ClH/c16-12-8-4-7-11(12)9-13(19)18-14(15(17)20)10-5-2-1-3-6-10;/h1-3,5-6,11-12,14H,4,7-9,16H2,(H2,17,20)(H,18,19);1H/t11-,12+,14?;/m0./s1. The van der Waals surface area contributed by atoms with Crippen molar-refractivity contribution in [2.45, 2.75) is 37.8 Å². The van der Waals surface area contributed by atoms with E-state index in [1.54, 1.807) is 12.1 Å². The second-order valence-electron chi connectivity index (χ2n) is 5.37. The van der Waals surface area contributed by atoms with Gasteiger partial charge in [0.2, 0.25) is 11.8 Å². The summed E-state index contributed by atoms with van der Waals surface area (Å²) in [5.41, 5.74) is 12.0. The summed E-state index contributed by atoms with van der Waals surface area (Å²) in [5, 5.41) is 2.71. The molecule has 0 aliphatic heterocycles. The summed E-state index contributed by atoms with van der Waals surface area (Å²) >= 11 is 0. The molecule has 2 rings (SSSR count). The Bertz CT molecular complexity index is 481. The molecule has 0 bridgehead atoms. The largest absolute Gasteiger partial charge is 0.368 e. The van der Waals surface area contributed by atoms with Gasteiger partial charge in [0.05, 0.1) is 0 Å². The zero-order chi connectivity index (χ0) is 14.5. The lowest BCUT2D eigenvalue weighted by molar-refractivity contribution is -0.128.